The summed E-state index contributed by atoms with van der Waals surface area (Å²) in [6.45, 7) is 8.04. The molecule has 0 saturated carbocycles. The first kappa shape index (κ1) is 16.1. The van der Waals surface area contributed by atoms with Gasteiger partial charge >= 0.3 is 0 Å². The maximum Gasteiger partial charge on any atom is 0.265 e. The van der Waals surface area contributed by atoms with E-state index < -0.39 is 0 Å². The molecule has 0 saturated heterocycles. The third-order valence-corrected chi connectivity index (χ3v) is 3.51. The molecule has 0 aliphatic carbocycles. The molecule has 0 unspecified atom stereocenters. The van der Waals surface area contributed by atoms with Gasteiger partial charge in [0.1, 0.15) is 5.75 Å². The lowest BCUT2D eigenvalue weighted by atomic mass is 10.1. The van der Waals surface area contributed by atoms with Crippen molar-refractivity contribution in [2.75, 3.05) is 11.5 Å². The minimum atomic E-state index is -0.0397. The van der Waals surface area contributed by atoms with Crippen LogP contribution in [0.4, 0.5) is 5.69 Å². The number of anilines is 1. The summed E-state index contributed by atoms with van der Waals surface area (Å²) >= 11 is 0. The number of rotatable bonds is 5. The summed E-state index contributed by atoms with van der Waals surface area (Å²) in [5.74, 6) is 0.729. The molecular formula is C19H23NO2. The van der Waals surface area contributed by atoms with Crippen molar-refractivity contribution in [3.63, 3.8) is 0 Å². The predicted molar refractivity (Wildman–Crippen MR) is 90.5 cm³/mol. The van der Waals surface area contributed by atoms with Crippen molar-refractivity contribution in [1.29, 1.82) is 0 Å². The molecule has 2 aromatic rings. The molecule has 2 rings (SSSR count). The summed E-state index contributed by atoms with van der Waals surface area (Å²) < 4.78 is 5.74. The standard InChI is InChI=1S/C19H23NO2/c1-14(2)20(17-8-6-5-7-9-17)19(21)13-22-18-12-15(3)10-11-16(18)4/h5-12,14H,13H2,1-4H3. The second kappa shape index (κ2) is 7.12. The largest absolute Gasteiger partial charge is 0.483 e. The zero-order valence-corrected chi connectivity index (χ0v) is 13.7. The Morgan fingerprint density at radius 3 is 2.41 bits per heavy atom. The summed E-state index contributed by atoms with van der Waals surface area (Å²) in [6, 6.07) is 15.8. The van der Waals surface area contributed by atoms with Crippen LogP contribution in [0.3, 0.4) is 0 Å². The first-order chi connectivity index (χ1) is 10.5. The molecule has 0 aliphatic heterocycles. The second-order valence-corrected chi connectivity index (χ2v) is 5.75. The van der Waals surface area contributed by atoms with Crippen molar-refractivity contribution in [1.82, 2.24) is 0 Å². The Labute approximate surface area is 132 Å². The van der Waals surface area contributed by atoms with Crippen LogP contribution in [-0.2, 0) is 4.79 Å². The van der Waals surface area contributed by atoms with Gasteiger partial charge in [-0.25, -0.2) is 0 Å². The Morgan fingerprint density at radius 2 is 1.77 bits per heavy atom. The van der Waals surface area contributed by atoms with Crippen LogP contribution in [0.15, 0.2) is 48.5 Å². The molecule has 116 valence electrons. The molecule has 0 aromatic heterocycles. The van der Waals surface area contributed by atoms with E-state index in [1.807, 2.05) is 76.2 Å². The normalized spacial score (nSPS) is 10.6. The van der Waals surface area contributed by atoms with E-state index >= 15 is 0 Å². The van der Waals surface area contributed by atoms with Crippen LogP contribution in [0, 0.1) is 13.8 Å². The Morgan fingerprint density at radius 1 is 1.09 bits per heavy atom. The molecule has 2 aromatic carbocycles. The van der Waals surface area contributed by atoms with Gasteiger partial charge in [0.05, 0.1) is 0 Å². The fourth-order valence-electron chi connectivity index (χ4n) is 2.39. The third kappa shape index (κ3) is 3.88. The number of hydrogen-bond donors (Lipinski definition) is 0. The highest BCUT2D eigenvalue weighted by Crippen LogP contribution is 2.20. The molecule has 3 heteroatoms. The number of amides is 1. The van der Waals surface area contributed by atoms with E-state index in [2.05, 4.69) is 0 Å². The Balaban J connectivity index is 2.11. The molecule has 0 heterocycles. The molecular weight excluding hydrogens is 274 g/mol. The molecule has 0 aliphatic rings. The van der Waals surface area contributed by atoms with Gasteiger partial charge in [-0.3, -0.25) is 4.79 Å². The van der Waals surface area contributed by atoms with Gasteiger partial charge in [-0.05, 0) is 57.0 Å². The van der Waals surface area contributed by atoms with E-state index in [1.165, 1.54) is 0 Å². The van der Waals surface area contributed by atoms with E-state index in [0.29, 0.717) is 0 Å². The van der Waals surface area contributed by atoms with Gasteiger partial charge in [0.2, 0.25) is 0 Å². The second-order valence-electron chi connectivity index (χ2n) is 5.75. The van der Waals surface area contributed by atoms with Gasteiger partial charge in [0, 0.05) is 11.7 Å². The summed E-state index contributed by atoms with van der Waals surface area (Å²) in [5, 5.41) is 0. The van der Waals surface area contributed by atoms with E-state index in [1.54, 1.807) is 4.90 Å². The van der Waals surface area contributed by atoms with Crippen molar-refractivity contribution in [2.45, 2.75) is 33.7 Å². The van der Waals surface area contributed by atoms with Crippen LogP contribution in [-0.4, -0.2) is 18.6 Å². The number of carbonyl (C=O) groups is 1. The highest BCUT2D eigenvalue weighted by molar-refractivity contribution is 5.94. The highest BCUT2D eigenvalue weighted by Gasteiger charge is 2.19. The van der Waals surface area contributed by atoms with Crippen LogP contribution in [0.1, 0.15) is 25.0 Å². The van der Waals surface area contributed by atoms with Crippen LogP contribution >= 0.6 is 0 Å². The topological polar surface area (TPSA) is 29.5 Å². The molecule has 22 heavy (non-hydrogen) atoms. The molecule has 0 spiro atoms. The number of para-hydroxylation sites is 1. The molecule has 3 nitrogen and oxygen atoms in total. The zero-order valence-electron chi connectivity index (χ0n) is 13.7. The van der Waals surface area contributed by atoms with E-state index in [4.69, 9.17) is 4.74 Å². The monoisotopic (exact) mass is 297 g/mol. The predicted octanol–water partition coefficient (Wildman–Crippen LogP) is 4.12. The third-order valence-electron chi connectivity index (χ3n) is 3.51. The Kier molecular flexibility index (Phi) is 5.21. The van der Waals surface area contributed by atoms with Crippen molar-refractivity contribution in [3.05, 3.63) is 59.7 Å². The summed E-state index contributed by atoms with van der Waals surface area (Å²) in [6.07, 6.45) is 0. The van der Waals surface area contributed by atoms with E-state index in [-0.39, 0.29) is 18.6 Å². The van der Waals surface area contributed by atoms with Crippen LogP contribution < -0.4 is 9.64 Å². The van der Waals surface area contributed by atoms with Crippen LogP contribution in [0.25, 0.3) is 0 Å². The summed E-state index contributed by atoms with van der Waals surface area (Å²) in [5.41, 5.74) is 3.05. The summed E-state index contributed by atoms with van der Waals surface area (Å²) in [7, 11) is 0. The molecule has 0 fully saturated rings. The van der Waals surface area contributed by atoms with Crippen LogP contribution in [0.2, 0.25) is 0 Å². The van der Waals surface area contributed by atoms with Crippen LogP contribution in [0.5, 0.6) is 5.75 Å². The van der Waals surface area contributed by atoms with Gasteiger partial charge in [0.15, 0.2) is 6.61 Å². The molecule has 0 radical (unpaired) electrons. The number of aryl methyl sites for hydroxylation is 2. The lowest BCUT2D eigenvalue weighted by molar-refractivity contribution is -0.120. The lowest BCUT2D eigenvalue weighted by Crippen LogP contribution is -2.40. The number of hydrogen-bond acceptors (Lipinski definition) is 2. The molecule has 0 atom stereocenters. The average molecular weight is 297 g/mol. The first-order valence-corrected chi connectivity index (χ1v) is 7.56. The smallest absolute Gasteiger partial charge is 0.265 e. The van der Waals surface area contributed by atoms with Crippen molar-refractivity contribution in [2.24, 2.45) is 0 Å². The van der Waals surface area contributed by atoms with Gasteiger partial charge < -0.3 is 9.64 Å². The Hall–Kier alpha value is -2.29. The fraction of sp³-hybridized carbons (Fsp3) is 0.316. The average Bonchev–Trinajstić information content (AvgIpc) is 2.49. The van der Waals surface area contributed by atoms with E-state index in [0.717, 1.165) is 22.6 Å². The maximum absolute atomic E-state index is 12.6. The number of ether oxygens (including phenoxy) is 1. The van der Waals surface area contributed by atoms with Gasteiger partial charge in [-0.1, -0.05) is 30.3 Å². The first-order valence-electron chi connectivity index (χ1n) is 7.56. The number of nitrogens with zero attached hydrogens (tertiary/aromatic N) is 1. The maximum atomic E-state index is 12.6. The van der Waals surface area contributed by atoms with Gasteiger partial charge in [-0.2, -0.15) is 0 Å². The van der Waals surface area contributed by atoms with Gasteiger partial charge in [0.25, 0.3) is 5.91 Å². The molecule has 0 N–H and O–H groups in total. The molecule has 1 amide bonds. The minimum Gasteiger partial charge on any atom is -0.483 e. The SMILES string of the molecule is Cc1ccc(C)c(OCC(=O)N(c2ccccc2)C(C)C)c1. The lowest BCUT2D eigenvalue weighted by Gasteiger charge is -2.27. The van der Waals surface area contributed by atoms with Crippen molar-refractivity contribution >= 4 is 11.6 Å². The minimum absolute atomic E-state index is 0.0391. The zero-order chi connectivity index (χ0) is 16.1. The van der Waals surface area contributed by atoms with E-state index in [9.17, 15) is 4.79 Å². The van der Waals surface area contributed by atoms with Crippen molar-refractivity contribution < 1.29 is 9.53 Å². The quantitative estimate of drug-likeness (QED) is 0.830. The highest BCUT2D eigenvalue weighted by atomic mass is 16.5. The number of carbonyl (C=O) groups excluding carboxylic acids is 1. The Bertz CT molecular complexity index is 635. The number of benzene rings is 2. The fourth-order valence-corrected chi connectivity index (χ4v) is 2.39. The summed E-state index contributed by atoms with van der Waals surface area (Å²) in [4.78, 5) is 14.3. The van der Waals surface area contributed by atoms with Gasteiger partial charge in [-0.15, -0.1) is 0 Å². The van der Waals surface area contributed by atoms with Crippen molar-refractivity contribution in [3.8, 4) is 5.75 Å². The molecule has 0 bridgehead atoms.